The third-order valence-corrected chi connectivity index (χ3v) is 6.82. The van der Waals surface area contributed by atoms with Crippen LogP contribution in [0.15, 0.2) is 97.2 Å². The molecular formula is C33H40N6O3. The number of aryl methyl sites for hydroxylation is 1. The monoisotopic (exact) mass is 568 g/mol. The van der Waals surface area contributed by atoms with E-state index in [1.165, 1.54) is 0 Å². The average Bonchev–Trinajstić information content (AvgIpc) is 3.32. The molecule has 3 aromatic carbocycles. The first-order chi connectivity index (χ1) is 20.1. The molecule has 1 heterocycles. The Labute approximate surface area is 247 Å². The molecule has 4 rings (SSSR count). The third-order valence-electron chi connectivity index (χ3n) is 6.82. The lowest BCUT2D eigenvalue weighted by molar-refractivity contribution is -0.117. The summed E-state index contributed by atoms with van der Waals surface area (Å²) in [4.78, 5) is 25.0. The molecule has 42 heavy (non-hydrogen) atoms. The summed E-state index contributed by atoms with van der Waals surface area (Å²) in [7, 11) is 1.83. The minimum atomic E-state index is -0.799. The standard InChI is InChI=1S/C33H40N6O3/c1-32(2,3)42-31(41)35-22-14-21-27(34)30(40)37-28-23-36-39(4)29(28)38-33(24-15-8-5-9-16-24,25-17-10-6-11-18-25)26-19-12-7-13-20-26/h5-13,15-20,23,27,38H,14,21-22,34H2,1-4H3,(H,35,41)(H,37,40)/t27-/m0/s1. The van der Waals surface area contributed by atoms with Crippen LogP contribution in [0.1, 0.15) is 50.3 Å². The number of hydrogen-bond acceptors (Lipinski definition) is 6. The normalized spacial score (nSPS) is 12.3. The highest BCUT2D eigenvalue weighted by molar-refractivity contribution is 5.97. The average molecular weight is 569 g/mol. The van der Waals surface area contributed by atoms with E-state index in [1.807, 2.05) is 61.6 Å². The Morgan fingerprint density at radius 2 is 1.38 bits per heavy atom. The zero-order valence-electron chi connectivity index (χ0n) is 24.6. The summed E-state index contributed by atoms with van der Waals surface area (Å²) >= 11 is 0. The highest BCUT2D eigenvalue weighted by Crippen LogP contribution is 2.41. The molecule has 1 atom stereocenters. The number of nitrogens with zero attached hydrogens (tertiary/aromatic N) is 2. The van der Waals surface area contributed by atoms with Crippen LogP contribution in [0.2, 0.25) is 0 Å². The fraction of sp³-hybridized carbons (Fsp3) is 0.303. The smallest absolute Gasteiger partial charge is 0.407 e. The van der Waals surface area contributed by atoms with E-state index in [9.17, 15) is 9.59 Å². The van der Waals surface area contributed by atoms with Crippen molar-refractivity contribution >= 4 is 23.5 Å². The van der Waals surface area contributed by atoms with Gasteiger partial charge in [-0.25, -0.2) is 4.79 Å². The summed E-state index contributed by atoms with van der Waals surface area (Å²) in [5.74, 6) is 0.284. The van der Waals surface area contributed by atoms with Gasteiger partial charge in [0.1, 0.15) is 22.6 Å². The molecule has 0 spiro atoms. The zero-order valence-corrected chi connectivity index (χ0v) is 24.6. The summed E-state index contributed by atoms with van der Waals surface area (Å²) < 4.78 is 6.95. The molecule has 0 radical (unpaired) electrons. The predicted molar refractivity (Wildman–Crippen MR) is 166 cm³/mol. The van der Waals surface area contributed by atoms with Crippen LogP contribution >= 0.6 is 0 Å². The van der Waals surface area contributed by atoms with Crippen molar-refractivity contribution in [2.24, 2.45) is 12.8 Å². The Morgan fingerprint density at radius 3 is 1.86 bits per heavy atom. The summed E-state index contributed by atoms with van der Waals surface area (Å²) in [5, 5.41) is 13.9. The first-order valence-electron chi connectivity index (χ1n) is 14.1. The molecule has 0 bridgehead atoms. The van der Waals surface area contributed by atoms with Gasteiger partial charge in [-0.15, -0.1) is 0 Å². The summed E-state index contributed by atoms with van der Waals surface area (Å²) in [6.45, 7) is 5.76. The molecule has 4 aromatic rings. The van der Waals surface area contributed by atoms with Crippen LogP contribution in [0.3, 0.4) is 0 Å². The van der Waals surface area contributed by atoms with Gasteiger partial charge in [-0.3, -0.25) is 9.48 Å². The van der Waals surface area contributed by atoms with Crippen LogP contribution in [0.4, 0.5) is 16.3 Å². The number of benzene rings is 3. The number of anilines is 2. The van der Waals surface area contributed by atoms with Crippen molar-refractivity contribution in [2.75, 3.05) is 17.2 Å². The Kier molecular flexibility index (Phi) is 9.64. The third kappa shape index (κ3) is 7.36. The quantitative estimate of drug-likeness (QED) is 0.142. The molecule has 1 aromatic heterocycles. The van der Waals surface area contributed by atoms with Crippen LogP contribution in [-0.2, 0) is 22.1 Å². The van der Waals surface area contributed by atoms with Gasteiger partial charge < -0.3 is 26.4 Å². The minimum absolute atomic E-state index is 0.340. The summed E-state index contributed by atoms with van der Waals surface area (Å²) in [5.41, 5.74) is 8.44. The Bertz CT molecular complexity index is 1350. The van der Waals surface area contributed by atoms with Gasteiger partial charge in [0, 0.05) is 13.6 Å². The lowest BCUT2D eigenvalue weighted by Gasteiger charge is -2.38. The van der Waals surface area contributed by atoms with Crippen molar-refractivity contribution < 1.29 is 14.3 Å². The molecule has 0 aliphatic heterocycles. The van der Waals surface area contributed by atoms with E-state index in [0.717, 1.165) is 16.7 Å². The fourth-order valence-electron chi connectivity index (χ4n) is 4.82. The number of carbonyl (C=O) groups excluding carboxylic acids is 2. The molecule has 0 unspecified atom stereocenters. The molecule has 0 aliphatic rings. The second kappa shape index (κ2) is 13.4. The van der Waals surface area contributed by atoms with Crippen molar-refractivity contribution in [3.8, 4) is 0 Å². The van der Waals surface area contributed by atoms with Gasteiger partial charge in [0.25, 0.3) is 0 Å². The Morgan fingerprint density at radius 1 is 0.881 bits per heavy atom. The van der Waals surface area contributed by atoms with Crippen molar-refractivity contribution in [3.05, 3.63) is 114 Å². The molecular weight excluding hydrogens is 528 g/mol. The lowest BCUT2D eigenvalue weighted by atomic mass is 9.77. The number of hydrogen-bond donors (Lipinski definition) is 4. The maximum absolute atomic E-state index is 13.2. The number of aromatic nitrogens is 2. The van der Waals surface area contributed by atoms with Gasteiger partial charge in [0.2, 0.25) is 5.91 Å². The van der Waals surface area contributed by atoms with E-state index in [2.05, 4.69) is 57.4 Å². The van der Waals surface area contributed by atoms with Gasteiger partial charge in [-0.05, 0) is 50.3 Å². The molecule has 0 aliphatic carbocycles. The molecule has 0 saturated heterocycles. The lowest BCUT2D eigenvalue weighted by Crippen LogP contribution is -2.40. The van der Waals surface area contributed by atoms with Crippen molar-refractivity contribution in [1.82, 2.24) is 15.1 Å². The molecule has 9 nitrogen and oxygen atoms in total. The van der Waals surface area contributed by atoms with Gasteiger partial charge in [-0.2, -0.15) is 5.10 Å². The van der Waals surface area contributed by atoms with Crippen molar-refractivity contribution in [3.63, 3.8) is 0 Å². The SMILES string of the molecule is Cn1ncc(NC(=O)[C@@H](N)CCCNC(=O)OC(C)(C)C)c1NC(c1ccccc1)(c1ccccc1)c1ccccc1. The van der Waals surface area contributed by atoms with Crippen LogP contribution in [0, 0.1) is 0 Å². The van der Waals surface area contributed by atoms with Crippen LogP contribution in [0.5, 0.6) is 0 Å². The van der Waals surface area contributed by atoms with E-state index in [-0.39, 0.29) is 5.91 Å². The molecule has 9 heteroatoms. The maximum atomic E-state index is 13.2. The Hall–Kier alpha value is -4.63. The Balaban J connectivity index is 1.57. The van der Waals surface area contributed by atoms with Gasteiger partial charge in [-0.1, -0.05) is 91.0 Å². The molecule has 2 amide bonds. The fourth-order valence-corrected chi connectivity index (χ4v) is 4.82. The van der Waals surface area contributed by atoms with Gasteiger partial charge >= 0.3 is 6.09 Å². The highest BCUT2D eigenvalue weighted by atomic mass is 16.6. The highest BCUT2D eigenvalue weighted by Gasteiger charge is 2.38. The van der Waals surface area contributed by atoms with Crippen molar-refractivity contribution in [2.45, 2.75) is 50.8 Å². The summed E-state index contributed by atoms with van der Waals surface area (Å²) in [6, 6.07) is 29.8. The minimum Gasteiger partial charge on any atom is -0.444 e. The number of nitrogens with one attached hydrogen (secondary N) is 3. The number of ether oxygens (including phenoxy) is 1. The number of carbonyl (C=O) groups is 2. The first-order valence-corrected chi connectivity index (χ1v) is 14.1. The van der Waals surface area contributed by atoms with Gasteiger partial charge in [0.05, 0.1) is 12.2 Å². The second-order valence-electron chi connectivity index (χ2n) is 11.2. The molecule has 0 saturated carbocycles. The molecule has 5 N–H and O–H groups in total. The number of nitrogens with two attached hydrogens (primary N) is 1. The van der Waals surface area contributed by atoms with Crippen LogP contribution in [-0.4, -0.2) is 40.0 Å². The van der Waals surface area contributed by atoms with E-state index in [4.69, 9.17) is 10.5 Å². The first kappa shape index (κ1) is 30.3. The summed E-state index contributed by atoms with van der Waals surface area (Å²) in [6.07, 6.45) is 2.02. The number of amides is 2. The predicted octanol–water partition coefficient (Wildman–Crippen LogP) is 5.39. The van der Waals surface area contributed by atoms with Gasteiger partial charge in [0.15, 0.2) is 0 Å². The second-order valence-corrected chi connectivity index (χ2v) is 11.2. The maximum Gasteiger partial charge on any atom is 0.407 e. The van der Waals surface area contributed by atoms with E-state index >= 15 is 0 Å². The van der Waals surface area contributed by atoms with Crippen LogP contribution < -0.4 is 21.7 Å². The number of rotatable bonds is 11. The van der Waals surface area contributed by atoms with Crippen LogP contribution in [0.25, 0.3) is 0 Å². The topological polar surface area (TPSA) is 123 Å². The molecule has 220 valence electrons. The zero-order chi connectivity index (χ0) is 30.2. The van der Waals surface area contributed by atoms with E-state index < -0.39 is 23.3 Å². The number of alkyl carbamates (subject to hydrolysis) is 1. The van der Waals surface area contributed by atoms with Crippen molar-refractivity contribution in [1.29, 1.82) is 0 Å². The van der Waals surface area contributed by atoms with E-state index in [1.54, 1.807) is 31.6 Å². The molecule has 0 fully saturated rings. The largest absolute Gasteiger partial charge is 0.444 e. The van der Waals surface area contributed by atoms with E-state index in [0.29, 0.717) is 30.9 Å².